The van der Waals surface area contributed by atoms with E-state index in [1.165, 1.54) is 0 Å². The van der Waals surface area contributed by atoms with E-state index in [9.17, 15) is 4.79 Å². The molecule has 0 aromatic heterocycles. The first kappa shape index (κ1) is 18.2. The van der Waals surface area contributed by atoms with Gasteiger partial charge < -0.3 is 19.7 Å². The third-order valence-corrected chi connectivity index (χ3v) is 3.58. The predicted octanol–water partition coefficient (Wildman–Crippen LogP) is 2.65. The van der Waals surface area contributed by atoms with Crippen molar-refractivity contribution >= 4 is 6.09 Å². The summed E-state index contributed by atoms with van der Waals surface area (Å²) in [7, 11) is 0. The molecule has 21 heavy (non-hydrogen) atoms. The van der Waals surface area contributed by atoms with Crippen LogP contribution in [-0.2, 0) is 9.47 Å². The molecule has 1 amide bonds. The number of hydrogen-bond donors (Lipinski definition) is 1. The Bertz CT molecular complexity index is 307. The predicted molar refractivity (Wildman–Crippen MR) is 84.5 cm³/mol. The van der Waals surface area contributed by atoms with E-state index in [1.54, 1.807) is 0 Å². The quantitative estimate of drug-likeness (QED) is 0.819. The summed E-state index contributed by atoms with van der Waals surface area (Å²) in [6.07, 6.45) is 2.15. The first-order valence-electron chi connectivity index (χ1n) is 8.12. The number of nitrogens with zero attached hydrogens (tertiary/aromatic N) is 1. The lowest BCUT2D eigenvalue weighted by atomic mass is 9.97. The van der Waals surface area contributed by atoms with Gasteiger partial charge in [-0.05, 0) is 59.9 Å². The standard InChI is InChI=1S/C16H32N2O3/c1-6-20-13(2)11-17-12-14-7-9-18(10-8-14)15(19)21-16(3,4)5/h13-14,17H,6-12H2,1-5H3. The molecule has 0 aromatic carbocycles. The molecule has 1 fully saturated rings. The second kappa shape index (κ2) is 8.59. The number of piperidine rings is 1. The summed E-state index contributed by atoms with van der Waals surface area (Å²) in [5.41, 5.74) is -0.412. The molecule has 5 heteroatoms. The third kappa shape index (κ3) is 7.67. The van der Waals surface area contributed by atoms with Gasteiger partial charge in [-0.3, -0.25) is 0 Å². The molecule has 1 saturated heterocycles. The summed E-state index contributed by atoms with van der Waals surface area (Å²) >= 11 is 0. The molecule has 1 rings (SSSR count). The maximum absolute atomic E-state index is 12.0. The fraction of sp³-hybridized carbons (Fsp3) is 0.938. The summed E-state index contributed by atoms with van der Waals surface area (Å²) in [6.45, 7) is 14.1. The van der Waals surface area contributed by atoms with Crippen LogP contribution < -0.4 is 5.32 Å². The highest BCUT2D eigenvalue weighted by molar-refractivity contribution is 5.68. The van der Waals surface area contributed by atoms with Crippen molar-refractivity contribution in [3.05, 3.63) is 0 Å². The summed E-state index contributed by atoms with van der Waals surface area (Å²) in [6, 6.07) is 0. The van der Waals surface area contributed by atoms with Crippen molar-refractivity contribution in [2.24, 2.45) is 5.92 Å². The molecule has 1 unspecified atom stereocenters. The Kier molecular flexibility index (Phi) is 7.46. The van der Waals surface area contributed by atoms with Gasteiger partial charge in [-0.25, -0.2) is 4.79 Å². The Morgan fingerprint density at radius 3 is 2.48 bits per heavy atom. The maximum atomic E-state index is 12.0. The van der Waals surface area contributed by atoms with Gasteiger partial charge in [0.25, 0.3) is 0 Å². The highest BCUT2D eigenvalue weighted by atomic mass is 16.6. The van der Waals surface area contributed by atoms with Crippen molar-refractivity contribution in [1.82, 2.24) is 10.2 Å². The number of carbonyl (C=O) groups excluding carboxylic acids is 1. The minimum Gasteiger partial charge on any atom is -0.444 e. The molecule has 1 aliphatic heterocycles. The molecule has 0 aliphatic carbocycles. The largest absolute Gasteiger partial charge is 0.444 e. The Morgan fingerprint density at radius 1 is 1.33 bits per heavy atom. The van der Waals surface area contributed by atoms with Crippen LogP contribution in [0.3, 0.4) is 0 Å². The van der Waals surface area contributed by atoms with Crippen molar-refractivity contribution in [1.29, 1.82) is 0 Å². The molecule has 1 N–H and O–H groups in total. The zero-order valence-corrected chi connectivity index (χ0v) is 14.3. The molecule has 0 bridgehead atoms. The number of rotatable bonds is 6. The molecular formula is C16H32N2O3. The molecular weight excluding hydrogens is 268 g/mol. The molecule has 0 radical (unpaired) electrons. The Hall–Kier alpha value is -0.810. The van der Waals surface area contributed by atoms with E-state index < -0.39 is 5.60 Å². The van der Waals surface area contributed by atoms with Crippen LogP contribution in [0.1, 0.15) is 47.5 Å². The van der Waals surface area contributed by atoms with E-state index in [-0.39, 0.29) is 12.2 Å². The second-order valence-corrected chi connectivity index (χ2v) is 6.83. The summed E-state index contributed by atoms with van der Waals surface area (Å²) in [4.78, 5) is 13.8. The fourth-order valence-electron chi connectivity index (χ4n) is 2.48. The van der Waals surface area contributed by atoms with Crippen molar-refractivity contribution < 1.29 is 14.3 Å². The monoisotopic (exact) mass is 300 g/mol. The SMILES string of the molecule is CCOC(C)CNCC1CCN(C(=O)OC(C)(C)C)CC1. The zero-order chi connectivity index (χ0) is 15.9. The fourth-order valence-corrected chi connectivity index (χ4v) is 2.48. The molecule has 0 aromatic rings. The normalized spacial score (nSPS) is 18.6. The van der Waals surface area contributed by atoms with E-state index in [2.05, 4.69) is 12.2 Å². The molecule has 1 heterocycles. The van der Waals surface area contributed by atoms with Gasteiger partial charge in [-0.2, -0.15) is 0 Å². The van der Waals surface area contributed by atoms with Crippen LogP contribution in [0, 0.1) is 5.92 Å². The average molecular weight is 300 g/mol. The minimum atomic E-state index is -0.412. The minimum absolute atomic E-state index is 0.182. The molecule has 124 valence electrons. The second-order valence-electron chi connectivity index (χ2n) is 6.83. The van der Waals surface area contributed by atoms with Gasteiger partial charge in [-0.1, -0.05) is 0 Å². The first-order valence-corrected chi connectivity index (χ1v) is 8.12. The summed E-state index contributed by atoms with van der Waals surface area (Å²) in [5.74, 6) is 0.637. The topological polar surface area (TPSA) is 50.8 Å². The van der Waals surface area contributed by atoms with Crippen LogP contribution in [0.5, 0.6) is 0 Å². The molecule has 5 nitrogen and oxygen atoms in total. The van der Waals surface area contributed by atoms with Crippen LogP contribution in [-0.4, -0.2) is 55.5 Å². The van der Waals surface area contributed by atoms with Gasteiger partial charge in [0.2, 0.25) is 0 Å². The van der Waals surface area contributed by atoms with Crippen molar-refractivity contribution in [2.75, 3.05) is 32.8 Å². The van der Waals surface area contributed by atoms with Crippen LogP contribution in [0.25, 0.3) is 0 Å². The summed E-state index contributed by atoms with van der Waals surface area (Å²) in [5, 5.41) is 3.46. The van der Waals surface area contributed by atoms with Crippen molar-refractivity contribution in [2.45, 2.75) is 59.2 Å². The Balaban J connectivity index is 2.19. The third-order valence-electron chi connectivity index (χ3n) is 3.58. The molecule has 1 atom stereocenters. The van der Waals surface area contributed by atoms with E-state index in [0.717, 1.165) is 45.6 Å². The Labute approximate surface area is 129 Å². The lowest BCUT2D eigenvalue weighted by molar-refractivity contribution is 0.0182. The van der Waals surface area contributed by atoms with Gasteiger partial charge in [0.1, 0.15) is 5.60 Å². The lowest BCUT2D eigenvalue weighted by Crippen LogP contribution is -2.43. The highest BCUT2D eigenvalue weighted by Gasteiger charge is 2.26. The van der Waals surface area contributed by atoms with E-state index in [4.69, 9.17) is 9.47 Å². The van der Waals surface area contributed by atoms with Gasteiger partial charge in [-0.15, -0.1) is 0 Å². The van der Waals surface area contributed by atoms with Crippen LogP contribution >= 0.6 is 0 Å². The van der Waals surface area contributed by atoms with Gasteiger partial charge in [0.05, 0.1) is 6.10 Å². The Morgan fingerprint density at radius 2 is 1.95 bits per heavy atom. The van der Waals surface area contributed by atoms with Crippen LogP contribution in [0.15, 0.2) is 0 Å². The number of likely N-dealkylation sites (tertiary alicyclic amines) is 1. The number of carbonyl (C=O) groups is 1. The van der Waals surface area contributed by atoms with Crippen molar-refractivity contribution in [3.63, 3.8) is 0 Å². The van der Waals surface area contributed by atoms with Crippen molar-refractivity contribution in [3.8, 4) is 0 Å². The molecule has 0 spiro atoms. The first-order chi connectivity index (χ1) is 9.81. The lowest BCUT2D eigenvalue weighted by Gasteiger charge is -2.33. The van der Waals surface area contributed by atoms with Gasteiger partial charge in [0, 0.05) is 26.2 Å². The maximum Gasteiger partial charge on any atom is 0.410 e. The van der Waals surface area contributed by atoms with Gasteiger partial charge >= 0.3 is 6.09 Å². The number of hydrogen-bond acceptors (Lipinski definition) is 4. The smallest absolute Gasteiger partial charge is 0.410 e. The molecule has 0 saturated carbocycles. The van der Waals surface area contributed by atoms with Crippen LogP contribution in [0.4, 0.5) is 4.79 Å². The summed E-state index contributed by atoms with van der Waals surface area (Å²) < 4.78 is 10.9. The zero-order valence-electron chi connectivity index (χ0n) is 14.3. The van der Waals surface area contributed by atoms with E-state index >= 15 is 0 Å². The number of amides is 1. The number of nitrogens with one attached hydrogen (secondary N) is 1. The van der Waals surface area contributed by atoms with Crippen LogP contribution in [0.2, 0.25) is 0 Å². The van der Waals surface area contributed by atoms with E-state index in [1.807, 2.05) is 32.6 Å². The van der Waals surface area contributed by atoms with E-state index in [0.29, 0.717) is 5.92 Å². The van der Waals surface area contributed by atoms with Gasteiger partial charge in [0.15, 0.2) is 0 Å². The highest BCUT2D eigenvalue weighted by Crippen LogP contribution is 2.19. The average Bonchev–Trinajstić information content (AvgIpc) is 2.38. The number of ether oxygens (including phenoxy) is 2. The molecule has 1 aliphatic rings.